The first-order valence-corrected chi connectivity index (χ1v) is 9.98. The minimum Gasteiger partial charge on any atom is -0.224 e. The van der Waals surface area contributed by atoms with Crippen LogP contribution in [0.3, 0.4) is 0 Å². The zero-order chi connectivity index (χ0) is 17.1. The van der Waals surface area contributed by atoms with E-state index in [0.717, 1.165) is 11.8 Å². The first kappa shape index (κ1) is 17.2. The number of sulfonamides is 1. The highest BCUT2D eigenvalue weighted by Crippen LogP contribution is 2.11. The Morgan fingerprint density at radius 1 is 0.870 bits per heavy atom. The summed E-state index contributed by atoms with van der Waals surface area (Å²) >= 11 is 0. The average molecular weight is 352 g/mol. The smallest absolute Gasteiger partial charge is 0.224 e. The number of rotatable bonds is 5. The van der Waals surface area contributed by atoms with Crippen molar-refractivity contribution in [2.75, 3.05) is 6.26 Å². The second-order valence-corrected chi connectivity index (χ2v) is 8.68. The minimum atomic E-state index is -3.72. The third-order valence-corrected chi connectivity index (χ3v) is 5.39. The number of nitrogens with one attached hydrogen (secondary N) is 1. The summed E-state index contributed by atoms with van der Waals surface area (Å²) < 4.78 is 46.7. The van der Waals surface area contributed by atoms with Crippen LogP contribution in [0.4, 0.5) is 0 Å². The Morgan fingerprint density at radius 3 is 1.91 bits per heavy atom. The molecule has 2 aromatic rings. The van der Waals surface area contributed by atoms with Crippen LogP contribution in [0.15, 0.2) is 63.4 Å². The summed E-state index contributed by atoms with van der Waals surface area (Å²) in [6.45, 7) is 1.86. The van der Waals surface area contributed by atoms with Gasteiger partial charge in [0.2, 0.25) is 0 Å². The van der Waals surface area contributed by atoms with Gasteiger partial charge in [-0.25, -0.2) is 13.2 Å². The standard InChI is InChI=1S/C15H16N2O4S2/c1-12-3-7-15(8-4-12)23(20,21)17-16-11-13-5-9-14(10-6-13)22(2,18)19/h3-11,17H,1-2H3/b16-11-. The van der Waals surface area contributed by atoms with Crippen molar-refractivity contribution in [3.63, 3.8) is 0 Å². The van der Waals surface area contributed by atoms with Gasteiger partial charge in [-0.2, -0.15) is 13.5 Å². The van der Waals surface area contributed by atoms with Gasteiger partial charge in [-0.3, -0.25) is 0 Å². The Hall–Kier alpha value is -2.19. The lowest BCUT2D eigenvalue weighted by molar-refractivity contribution is 0.584. The van der Waals surface area contributed by atoms with Crippen LogP contribution in [0.2, 0.25) is 0 Å². The van der Waals surface area contributed by atoms with E-state index in [1.165, 1.54) is 30.5 Å². The van der Waals surface area contributed by atoms with E-state index in [0.29, 0.717) is 5.56 Å². The van der Waals surface area contributed by atoms with Crippen molar-refractivity contribution in [1.82, 2.24) is 4.83 Å². The predicted molar refractivity (Wildman–Crippen MR) is 88.6 cm³/mol. The molecule has 0 saturated carbocycles. The SMILES string of the molecule is Cc1ccc(S(=O)(=O)N/N=C\c2ccc(S(C)(=O)=O)cc2)cc1. The molecule has 0 heterocycles. The van der Waals surface area contributed by atoms with Gasteiger partial charge in [-0.15, -0.1) is 0 Å². The van der Waals surface area contributed by atoms with E-state index >= 15 is 0 Å². The molecule has 0 atom stereocenters. The Morgan fingerprint density at radius 2 is 1.39 bits per heavy atom. The maximum atomic E-state index is 12.0. The van der Waals surface area contributed by atoms with Crippen molar-refractivity contribution in [2.24, 2.45) is 5.10 Å². The molecule has 0 aliphatic carbocycles. The van der Waals surface area contributed by atoms with Crippen LogP contribution in [-0.2, 0) is 19.9 Å². The van der Waals surface area contributed by atoms with Crippen molar-refractivity contribution in [3.05, 3.63) is 59.7 Å². The molecule has 1 N–H and O–H groups in total. The van der Waals surface area contributed by atoms with E-state index in [1.807, 2.05) is 6.92 Å². The lowest BCUT2D eigenvalue weighted by Crippen LogP contribution is -2.18. The number of nitrogens with zero attached hydrogens (tertiary/aromatic N) is 1. The molecule has 2 rings (SSSR count). The Bertz CT molecular complexity index is 914. The van der Waals surface area contributed by atoms with Crippen molar-refractivity contribution < 1.29 is 16.8 Å². The molecule has 0 bridgehead atoms. The van der Waals surface area contributed by atoms with Crippen molar-refractivity contribution in [2.45, 2.75) is 16.7 Å². The molecular weight excluding hydrogens is 336 g/mol. The number of hydrazone groups is 1. The first-order valence-electron chi connectivity index (χ1n) is 6.60. The van der Waals surface area contributed by atoms with Crippen LogP contribution in [0.5, 0.6) is 0 Å². The summed E-state index contributed by atoms with van der Waals surface area (Å²) in [5.74, 6) is 0. The van der Waals surface area contributed by atoms with Crippen molar-refractivity contribution in [1.29, 1.82) is 0 Å². The van der Waals surface area contributed by atoms with Gasteiger partial charge in [0, 0.05) is 6.26 Å². The quantitative estimate of drug-likeness (QED) is 0.655. The van der Waals surface area contributed by atoms with E-state index in [-0.39, 0.29) is 9.79 Å². The van der Waals surface area contributed by atoms with Crippen molar-refractivity contribution in [3.8, 4) is 0 Å². The molecule has 0 saturated heterocycles. The van der Waals surface area contributed by atoms with Gasteiger partial charge in [0.1, 0.15) is 0 Å². The number of hydrogen-bond donors (Lipinski definition) is 1. The van der Waals surface area contributed by atoms with Crippen LogP contribution in [0.25, 0.3) is 0 Å². The molecule has 122 valence electrons. The highest BCUT2D eigenvalue weighted by Gasteiger charge is 2.11. The fourth-order valence-electron chi connectivity index (χ4n) is 1.74. The van der Waals surface area contributed by atoms with E-state index in [2.05, 4.69) is 9.93 Å². The second kappa shape index (κ2) is 6.51. The molecule has 0 unspecified atom stereocenters. The maximum absolute atomic E-state index is 12.0. The summed E-state index contributed by atoms with van der Waals surface area (Å²) in [5, 5.41) is 3.69. The summed E-state index contributed by atoms with van der Waals surface area (Å²) in [6, 6.07) is 12.3. The molecule has 0 aliphatic rings. The zero-order valence-electron chi connectivity index (χ0n) is 12.6. The van der Waals surface area contributed by atoms with Crippen LogP contribution >= 0.6 is 0 Å². The van der Waals surface area contributed by atoms with E-state index in [1.54, 1.807) is 24.3 Å². The van der Waals surface area contributed by atoms with Gasteiger partial charge in [0.15, 0.2) is 9.84 Å². The van der Waals surface area contributed by atoms with Gasteiger partial charge < -0.3 is 0 Å². The number of aryl methyl sites for hydroxylation is 1. The van der Waals surface area contributed by atoms with Gasteiger partial charge in [0.25, 0.3) is 10.0 Å². The molecule has 0 spiro atoms. The van der Waals surface area contributed by atoms with Crippen LogP contribution in [0.1, 0.15) is 11.1 Å². The topological polar surface area (TPSA) is 92.7 Å². The third kappa shape index (κ3) is 4.64. The highest BCUT2D eigenvalue weighted by molar-refractivity contribution is 7.90. The zero-order valence-corrected chi connectivity index (χ0v) is 14.2. The van der Waals surface area contributed by atoms with Gasteiger partial charge >= 0.3 is 0 Å². The normalized spacial score (nSPS) is 12.4. The maximum Gasteiger partial charge on any atom is 0.276 e. The molecular formula is C15H16N2O4S2. The molecule has 0 aromatic heterocycles. The monoisotopic (exact) mass is 352 g/mol. The van der Waals surface area contributed by atoms with E-state index < -0.39 is 19.9 Å². The molecule has 6 nitrogen and oxygen atoms in total. The number of sulfone groups is 1. The molecule has 8 heteroatoms. The third-order valence-electron chi connectivity index (χ3n) is 3.03. The average Bonchev–Trinajstić information content (AvgIpc) is 2.47. The summed E-state index contributed by atoms with van der Waals surface area (Å²) in [5.41, 5.74) is 1.53. The Kier molecular flexibility index (Phi) is 4.86. The Labute approximate surface area is 135 Å². The predicted octanol–water partition coefficient (Wildman–Crippen LogP) is 1.71. The van der Waals surface area contributed by atoms with Crippen LogP contribution in [0, 0.1) is 6.92 Å². The molecule has 2 aromatic carbocycles. The molecule has 23 heavy (non-hydrogen) atoms. The van der Waals surface area contributed by atoms with Gasteiger partial charge in [0.05, 0.1) is 16.0 Å². The molecule has 0 amide bonds. The first-order chi connectivity index (χ1) is 10.7. The largest absolute Gasteiger partial charge is 0.276 e. The Balaban J connectivity index is 2.10. The van der Waals surface area contributed by atoms with E-state index in [4.69, 9.17) is 0 Å². The van der Waals surface area contributed by atoms with E-state index in [9.17, 15) is 16.8 Å². The lowest BCUT2D eigenvalue weighted by atomic mass is 10.2. The lowest BCUT2D eigenvalue weighted by Gasteiger charge is -2.03. The summed E-state index contributed by atoms with van der Waals surface area (Å²) in [7, 11) is -6.98. The van der Waals surface area contributed by atoms with Crippen LogP contribution < -0.4 is 4.83 Å². The highest BCUT2D eigenvalue weighted by atomic mass is 32.2. The fourth-order valence-corrected chi connectivity index (χ4v) is 3.16. The van der Waals surface area contributed by atoms with Gasteiger partial charge in [-0.05, 0) is 36.8 Å². The van der Waals surface area contributed by atoms with Gasteiger partial charge in [-0.1, -0.05) is 29.8 Å². The summed E-state index contributed by atoms with van der Waals surface area (Å²) in [4.78, 5) is 2.42. The fraction of sp³-hybridized carbons (Fsp3) is 0.133. The molecule has 0 fully saturated rings. The number of hydrogen-bond acceptors (Lipinski definition) is 5. The second-order valence-electron chi connectivity index (χ2n) is 5.01. The van der Waals surface area contributed by atoms with Crippen molar-refractivity contribution >= 4 is 26.1 Å². The van der Waals surface area contributed by atoms with Crippen LogP contribution in [-0.4, -0.2) is 29.3 Å². The molecule has 0 aliphatic heterocycles. The summed E-state index contributed by atoms with van der Waals surface area (Å²) in [6.07, 6.45) is 2.42. The minimum absolute atomic E-state index is 0.118. The number of benzene rings is 2. The molecule has 0 radical (unpaired) electrons.